The highest BCUT2D eigenvalue weighted by atomic mass is 16.5. The van der Waals surface area contributed by atoms with Gasteiger partial charge < -0.3 is 10.1 Å². The quantitative estimate of drug-likeness (QED) is 0.801. The lowest BCUT2D eigenvalue weighted by Gasteiger charge is -2.16. The van der Waals surface area contributed by atoms with E-state index in [9.17, 15) is 0 Å². The lowest BCUT2D eigenvalue weighted by Crippen LogP contribution is -2.16. The molecule has 0 heterocycles. The van der Waals surface area contributed by atoms with Crippen LogP contribution in [0.15, 0.2) is 18.2 Å². The maximum absolute atomic E-state index is 5.26. The number of aryl methyl sites for hydroxylation is 1. The zero-order valence-corrected chi connectivity index (χ0v) is 10.1. The van der Waals surface area contributed by atoms with Crippen LogP contribution in [0, 0.1) is 6.92 Å². The van der Waals surface area contributed by atoms with E-state index in [1.54, 1.807) is 7.11 Å². The number of nitrogens with one attached hydrogen (secondary N) is 1. The zero-order chi connectivity index (χ0) is 11.3. The smallest absolute Gasteiger partial charge is 0.121 e. The molecule has 0 amide bonds. The predicted molar refractivity (Wildman–Crippen MR) is 64.7 cm³/mol. The normalized spacial score (nSPS) is 12.5. The standard InChI is InChI=1S/C13H21NO/c1-5-11(9-14-3)12-6-7-13(15-4)10(2)8-12/h6-8,11,14H,5,9H2,1-4H3. The molecule has 0 saturated heterocycles. The highest BCUT2D eigenvalue weighted by molar-refractivity contribution is 5.37. The van der Waals surface area contributed by atoms with Crippen molar-refractivity contribution in [3.05, 3.63) is 29.3 Å². The Hall–Kier alpha value is -1.02. The Morgan fingerprint density at radius 1 is 1.40 bits per heavy atom. The second kappa shape index (κ2) is 5.76. The molecule has 0 aliphatic heterocycles. The molecule has 84 valence electrons. The first-order valence-electron chi connectivity index (χ1n) is 5.52. The molecule has 1 unspecified atom stereocenters. The molecule has 1 aromatic rings. The van der Waals surface area contributed by atoms with Gasteiger partial charge in [-0.05, 0) is 43.5 Å². The fourth-order valence-corrected chi connectivity index (χ4v) is 1.90. The fraction of sp³-hybridized carbons (Fsp3) is 0.538. The van der Waals surface area contributed by atoms with Crippen molar-refractivity contribution in [1.82, 2.24) is 5.32 Å². The van der Waals surface area contributed by atoms with Gasteiger partial charge in [0.25, 0.3) is 0 Å². The Morgan fingerprint density at radius 2 is 2.13 bits per heavy atom. The van der Waals surface area contributed by atoms with Crippen LogP contribution in [0.25, 0.3) is 0 Å². The molecule has 0 aromatic heterocycles. The molecule has 0 fully saturated rings. The van der Waals surface area contributed by atoms with E-state index in [0.717, 1.165) is 18.7 Å². The summed E-state index contributed by atoms with van der Waals surface area (Å²) in [5.41, 5.74) is 2.61. The minimum absolute atomic E-state index is 0.597. The second-order valence-electron chi connectivity index (χ2n) is 3.89. The highest BCUT2D eigenvalue weighted by Gasteiger charge is 2.09. The molecule has 0 aliphatic rings. The summed E-state index contributed by atoms with van der Waals surface area (Å²) in [6.45, 7) is 5.35. The van der Waals surface area contributed by atoms with E-state index >= 15 is 0 Å². The van der Waals surface area contributed by atoms with Crippen molar-refractivity contribution in [3.63, 3.8) is 0 Å². The minimum Gasteiger partial charge on any atom is -0.496 e. The van der Waals surface area contributed by atoms with Crippen LogP contribution in [0.3, 0.4) is 0 Å². The molecule has 1 N–H and O–H groups in total. The fourth-order valence-electron chi connectivity index (χ4n) is 1.90. The number of hydrogen-bond donors (Lipinski definition) is 1. The summed E-state index contributed by atoms with van der Waals surface area (Å²) in [7, 11) is 3.71. The summed E-state index contributed by atoms with van der Waals surface area (Å²) in [5, 5.41) is 3.23. The average Bonchev–Trinajstić information content (AvgIpc) is 2.25. The molecular weight excluding hydrogens is 186 g/mol. The van der Waals surface area contributed by atoms with Crippen molar-refractivity contribution in [2.75, 3.05) is 20.7 Å². The van der Waals surface area contributed by atoms with Gasteiger partial charge in [-0.1, -0.05) is 19.1 Å². The number of benzene rings is 1. The van der Waals surface area contributed by atoms with E-state index in [-0.39, 0.29) is 0 Å². The summed E-state index contributed by atoms with van der Waals surface area (Å²) in [6, 6.07) is 6.45. The molecule has 0 bridgehead atoms. The number of methoxy groups -OCH3 is 1. The third-order valence-corrected chi connectivity index (χ3v) is 2.83. The Bertz CT molecular complexity index is 309. The van der Waals surface area contributed by atoms with Crippen LogP contribution < -0.4 is 10.1 Å². The largest absolute Gasteiger partial charge is 0.496 e. The molecule has 0 spiro atoms. The van der Waals surface area contributed by atoms with Crippen molar-refractivity contribution in [2.24, 2.45) is 0 Å². The Balaban J connectivity index is 2.89. The summed E-state index contributed by atoms with van der Waals surface area (Å²) >= 11 is 0. The molecule has 1 aromatic carbocycles. The van der Waals surface area contributed by atoms with Crippen LogP contribution in [0.1, 0.15) is 30.4 Å². The van der Waals surface area contributed by atoms with Crippen LogP contribution in [-0.2, 0) is 0 Å². The molecule has 2 heteroatoms. The van der Waals surface area contributed by atoms with Gasteiger partial charge >= 0.3 is 0 Å². The molecule has 1 atom stereocenters. The Morgan fingerprint density at radius 3 is 2.60 bits per heavy atom. The van der Waals surface area contributed by atoms with Crippen LogP contribution >= 0.6 is 0 Å². The SMILES string of the molecule is CCC(CNC)c1ccc(OC)c(C)c1. The summed E-state index contributed by atoms with van der Waals surface area (Å²) in [4.78, 5) is 0. The van der Waals surface area contributed by atoms with E-state index in [1.165, 1.54) is 11.1 Å². The first-order chi connectivity index (χ1) is 7.22. The number of rotatable bonds is 5. The predicted octanol–water partition coefficient (Wildman–Crippen LogP) is 2.72. The first-order valence-corrected chi connectivity index (χ1v) is 5.52. The first kappa shape index (κ1) is 12.1. The van der Waals surface area contributed by atoms with Crippen LogP contribution in [-0.4, -0.2) is 20.7 Å². The summed E-state index contributed by atoms with van der Waals surface area (Å²) in [6.07, 6.45) is 1.16. The minimum atomic E-state index is 0.597. The molecule has 1 rings (SSSR count). The van der Waals surface area contributed by atoms with Gasteiger partial charge in [0.2, 0.25) is 0 Å². The molecule has 0 aliphatic carbocycles. The third kappa shape index (κ3) is 2.96. The van der Waals surface area contributed by atoms with Crippen molar-refractivity contribution in [3.8, 4) is 5.75 Å². The number of ether oxygens (including phenoxy) is 1. The van der Waals surface area contributed by atoms with Gasteiger partial charge in [0.1, 0.15) is 5.75 Å². The zero-order valence-electron chi connectivity index (χ0n) is 10.1. The van der Waals surface area contributed by atoms with Gasteiger partial charge in [0.15, 0.2) is 0 Å². The van der Waals surface area contributed by atoms with Crippen molar-refractivity contribution < 1.29 is 4.74 Å². The van der Waals surface area contributed by atoms with Gasteiger partial charge in [0.05, 0.1) is 7.11 Å². The van der Waals surface area contributed by atoms with Crippen molar-refractivity contribution in [2.45, 2.75) is 26.2 Å². The average molecular weight is 207 g/mol. The van der Waals surface area contributed by atoms with E-state index in [4.69, 9.17) is 4.74 Å². The van der Waals surface area contributed by atoms with Crippen molar-refractivity contribution in [1.29, 1.82) is 0 Å². The second-order valence-corrected chi connectivity index (χ2v) is 3.89. The Kier molecular flexibility index (Phi) is 4.63. The topological polar surface area (TPSA) is 21.3 Å². The van der Waals surface area contributed by atoms with Gasteiger partial charge in [-0.25, -0.2) is 0 Å². The lowest BCUT2D eigenvalue weighted by atomic mass is 9.95. The molecule has 15 heavy (non-hydrogen) atoms. The molecular formula is C13H21NO. The highest BCUT2D eigenvalue weighted by Crippen LogP contribution is 2.25. The number of hydrogen-bond acceptors (Lipinski definition) is 2. The number of likely N-dealkylation sites (N-methyl/N-ethyl adjacent to an activating group) is 1. The molecule has 0 saturated carbocycles. The summed E-state index contributed by atoms with van der Waals surface area (Å²) in [5.74, 6) is 1.57. The van der Waals surface area contributed by atoms with Crippen LogP contribution in [0.4, 0.5) is 0 Å². The van der Waals surface area contributed by atoms with Crippen LogP contribution in [0.5, 0.6) is 5.75 Å². The van der Waals surface area contributed by atoms with Gasteiger partial charge in [-0.15, -0.1) is 0 Å². The third-order valence-electron chi connectivity index (χ3n) is 2.83. The lowest BCUT2D eigenvalue weighted by molar-refractivity contribution is 0.411. The molecule has 2 nitrogen and oxygen atoms in total. The maximum Gasteiger partial charge on any atom is 0.121 e. The van der Waals surface area contributed by atoms with Gasteiger partial charge in [-0.2, -0.15) is 0 Å². The van der Waals surface area contributed by atoms with Gasteiger partial charge in [-0.3, -0.25) is 0 Å². The van der Waals surface area contributed by atoms with Gasteiger partial charge in [0, 0.05) is 6.54 Å². The van der Waals surface area contributed by atoms with Crippen LogP contribution in [0.2, 0.25) is 0 Å². The van der Waals surface area contributed by atoms with Crippen molar-refractivity contribution >= 4 is 0 Å². The van der Waals surface area contributed by atoms with E-state index in [2.05, 4.69) is 37.4 Å². The molecule has 0 radical (unpaired) electrons. The maximum atomic E-state index is 5.26. The van der Waals surface area contributed by atoms with E-state index in [1.807, 2.05) is 7.05 Å². The van der Waals surface area contributed by atoms with E-state index in [0.29, 0.717) is 5.92 Å². The summed E-state index contributed by atoms with van der Waals surface area (Å²) < 4.78 is 5.26. The Labute approximate surface area is 92.6 Å². The van der Waals surface area contributed by atoms with E-state index < -0.39 is 0 Å². The monoisotopic (exact) mass is 207 g/mol.